The minimum Gasteiger partial charge on any atom is -0.283 e. The Morgan fingerprint density at radius 3 is 2.12 bits per heavy atom. The molecule has 1 N–H and O–H groups in total. The summed E-state index contributed by atoms with van der Waals surface area (Å²) in [6.07, 6.45) is 0. The first-order valence-electron chi connectivity index (χ1n) is 5.09. The molecule has 1 aromatic heterocycles. The van der Waals surface area contributed by atoms with Crippen molar-refractivity contribution in [3.8, 4) is 0 Å². The molecule has 0 radical (unpaired) electrons. The number of rotatable bonds is 1. The Kier molecular flexibility index (Phi) is 9.49. The molecule has 0 aliphatic carbocycles. The fraction of sp³-hybridized carbons (Fsp3) is 0.500. The average molecular weight is 250 g/mol. The topological polar surface area (TPSA) is 67.2 Å². The van der Waals surface area contributed by atoms with Crippen LogP contribution in [0, 0.1) is 17.0 Å². The molecule has 0 spiro atoms. The Morgan fingerprint density at radius 2 is 1.75 bits per heavy atom. The van der Waals surface area contributed by atoms with Crippen molar-refractivity contribution in [3.63, 3.8) is 0 Å². The van der Waals surface area contributed by atoms with Crippen molar-refractivity contribution in [2.45, 2.75) is 34.6 Å². The molecular formula is C10H18ClN2O3+. The van der Waals surface area contributed by atoms with Crippen LogP contribution in [0.3, 0.4) is 0 Å². The average Bonchev–Trinajstić information content (AvgIpc) is 2.31. The molecule has 1 rings (SSSR count). The maximum absolute atomic E-state index is 10.3. The van der Waals surface area contributed by atoms with Crippen molar-refractivity contribution in [2.75, 3.05) is 0 Å². The molecule has 1 heterocycles. The first-order valence-corrected chi connectivity index (χ1v) is 5.46. The van der Waals surface area contributed by atoms with Crippen LogP contribution >= 0.6 is 11.6 Å². The van der Waals surface area contributed by atoms with E-state index in [0.29, 0.717) is 10.4 Å². The van der Waals surface area contributed by atoms with Gasteiger partial charge in [-0.2, -0.15) is 0 Å². The van der Waals surface area contributed by atoms with Gasteiger partial charge in [-0.25, -0.2) is 0 Å². The van der Waals surface area contributed by atoms with E-state index >= 15 is 0 Å². The second kappa shape index (κ2) is 8.91. The van der Waals surface area contributed by atoms with Crippen molar-refractivity contribution in [3.05, 3.63) is 33.1 Å². The summed E-state index contributed by atoms with van der Waals surface area (Å²) in [5.41, 5.74) is 0.121. The summed E-state index contributed by atoms with van der Waals surface area (Å²) in [6, 6.07) is 2.65. The van der Waals surface area contributed by atoms with E-state index in [1.165, 1.54) is 12.1 Å². The van der Waals surface area contributed by atoms with E-state index in [1.54, 1.807) is 6.92 Å². The largest absolute Gasteiger partial charge is 0.402 e. The van der Waals surface area contributed by atoms with Gasteiger partial charge in [-0.05, 0) is 0 Å². The van der Waals surface area contributed by atoms with E-state index in [1.807, 2.05) is 27.7 Å². The van der Waals surface area contributed by atoms with E-state index in [0.717, 1.165) is 0 Å². The van der Waals surface area contributed by atoms with Crippen LogP contribution < -0.4 is 4.73 Å². The molecule has 0 aliphatic heterocycles. The summed E-state index contributed by atoms with van der Waals surface area (Å²) in [4.78, 5) is 9.62. The van der Waals surface area contributed by atoms with Crippen molar-refractivity contribution in [1.29, 1.82) is 0 Å². The molecule has 0 amide bonds. The molecule has 0 saturated heterocycles. The molecule has 0 unspecified atom stereocenters. The highest BCUT2D eigenvalue weighted by Crippen LogP contribution is 2.19. The molecule has 0 atom stereocenters. The van der Waals surface area contributed by atoms with E-state index in [4.69, 9.17) is 16.8 Å². The van der Waals surface area contributed by atoms with Gasteiger partial charge in [0, 0.05) is 35.4 Å². The van der Waals surface area contributed by atoms with Crippen molar-refractivity contribution in [2.24, 2.45) is 0 Å². The molecule has 0 bridgehead atoms. The van der Waals surface area contributed by atoms with Gasteiger partial charge in [0.25, 0.3) is 0 Å². The van der Waals surface area contributed by atoms with Crippen molar-refractivity contribution in [1.82, 2.24) is 0 Å². The van der Waals surface area contributed by atoms with Gasteiger partial charge < -0.3 is 0 Å². The van der Waals surface area contributed by atoms with E-state index in [9.17, 15) is 10.1 Å². The van der Waals surface area contributed by atoms with Gasteiger partial charge in [0.2, 0.25) is 5.69 Å². The van der Waals surface area contributed by atoms with Crippen LogP contribution in [-0.4, -0.2) is 10.1 Å². The molecule has 16 heavy (non-hydrogen) atoms. The standard InChI is InChI=1S/C6H6ClN2O3.2C2H6/c1-4-2-3-5(9(11)12)6(7)8(4)10;2*1-2/h2-3,10H,1H3;2*1-2H3/q+1;;. The molecule has 92 valence electrons. The normalized spacial score (nSPS) is 8.12. The molecular weight excluding hydrogens is 232 g/mol. The van der Waals surface area contributed by atoms with Gasteiger partial charge in [-0.15, -0.1) is 0 Å². The lowest BCUT2D eigenvalue weighted by Gasteiger charge is -1.92. The van der Waals surface area contributed by atoms with E-state index in [2.05, 4.69) is 0 Å². The fourth-order valence-corrected chi connectivity index (χ4v) is 1.00. The van der Waals surface area contributed by atoms with Crippen LogP contribution in [0.1, 0.15) is 33.4 Å². The summed E-state index contributed by atoms with van der Waals surface area (Å²) in [6.45, 7) is 9.58. The summed E-state index contributed by atoms with van der Waals surface area (Å²) >= 11 is 5.46. The minimum absolute atomic E-state index is 0.292. The van der Waals surface area contributed by atoms with Gasteiger partial charge in [0.1, 0.15) is 0 Å². The Hall–Kier alpha value is -1.36. The second-order valence-electron chi connectivity index (χ2n) is 2.22. The lowest BCUT2D eigenvalue weighted by Crippen LogP contribution is -2.35. The number of halogens is 1. The van der Waals surface area contributed by atoms with Crippen LogP contribution in [0.5, 0.6) is 0 Å². The zero-order valence-corrected chi connectivity index (χ0v) is 10.9. The second-order valence-corrected chi connectivity index (χ2v) is 2.58. The number of aryl methyl sites for hydroxylation is 1. The smallest absolute Gasteiger partial charge is 0.283 e. The number of aromatic nitrogens is 1. The van der Waals surface area contributed by atoms with Gasteiger partial charge in [0.15, 0.2) is 0 Å². The minimum atomic E-state index is -0.658. The van der Waals surface area contributed by atoms with Crippen LogP contribution in [0.25, 0.3) is 0 Å². The predicted octanol–water partition coefficient (Wildman–Crippen LogP) is 3.13. The predicted molar refractivity (Wildman–Crippen MR) is 62.9 cm³/mol. The molecule has 0 fully saturated rings. The highest BCUT2D eigenvalue weighted by Gasteiger charge is 2.25. The monoisotopic (exact) mass is 249 g/mol. The molecule has 0 aliphatic rings. The first-order chi connectivity index (χ1) is 7.54. The van der Waals surface area contributed by atoms with Gasteiger partial charge in [-0.1, -0.05) is 27.7 Å². The summed E-state index contributed by atoms with van der Waals surface area (Å²) in [7, 11) is 0. The summed E-state index contributed by atoms with van der Waals surface area (Å²) in [5.74, 6) is 0. The maximum atomic E-state index is 10.3. The maximum Gasteiger partial charge on any atom is 0.402 e. The van der Waals surface area contributed by atoms with E-state index < -0.39 is 4.92 Å². The Balaban J connectivity index is 0. The van der Waals surface area contributed by atoms with Crippen LogP contribution in [-0.2, 0) is 0 Å². The number of hydrogen-bond acceptors (Lipinski definition) is 3. The number of hydrogen-bond donors (Lipinski definition) is 1. The lowest BCUT2D eigenvalue weighted by molar-refractivity contribution is -0.907. The third kappa shape index (κ3) is 4.44. The highest BCUT2D eigenvalue weighted by molar-refractivity contribution is 6.30. The van der Waals surface area contributed by atoms with Gasteiger partial charge in [0.05, 0.1) is 4.92 Å². The third-order valence-corrected chi connectivity index (χ3v) is 1.76. The van der Waals surface area contributed by atoms with E-state index in [-0.39, 0.29) is 10.8 Å². The Morgan fingerprint density at radius 1 is 1.31 bits per heavy atom. The van der Waals surface area contributed by atoms with Gasteiger partial charge >= 0.3 is 10.8 Å². The lowest BCUT2D eigenvalue weighted by atomic mass is 10.3. The van der Waals surface area contributed by atoms with Crippen LogP contribution in [0.2, 0.25) is 5.15 Å². The van der Waals surface area contributed by atoms with Crippen LogP contribution in [0.4, 0.5) is 5.69 Å². The SMILES string of the molecule is CC.CC.Cc1ccc([N+](=O)[O-])c(Cl)[n+]1O. The highest BCUT2D eigenvalue weighted by atomic mass is 35.5. The summed E-state index contributed by atoms with van der Waals surface area (Å²) in [5, 5.41) is 19.1. The number of nitro groups is 1. The quantitative estimate of drug-likeness (QED) is 0.273. The molecule has 0 aromatic carbocycles. The number of pyridine rings is 1. The van der Waals surface area contributed by atoms with Crippen molar-refractivity contribution >= 4 is 17.3 Å². The Bertz CT molecular complexity index is 343. The fourth-order valence-electron chi connectivity index (χ4n) is 0.738. The first kappa shape index (κ1) is 17.0. The van der Waals surface area contributed by atoms with Crippen molar-refractivity contribution < 1.29 is 14.9 Å². The molecule has 0 saturated carbocycles. The number of nitrogens with zero attached hydrogens (tertiary/aromatic N) is 2. The zero-order valence-electron chi connectivity index (χ0n) is 10.2. The molecule has 6 heteroatoms. The zero-order chi connectivity index (χ0) is 13.3. The van der Waals surface area contributed by atoms with Gasteiger partial charge in [-0.3, -0.25) is 15.3 Å². The third-order valence-electron chi connectivity index (χ3n) is 1.41. The van der Waals surface area contributed by atoms with Crippen LogP contribution in [0.15, 0.2) is 12.1 Å². The summed E-state index contributed by atoms with van der Waals surface area (Å²) < 4.78 is 0.569. The Labute approximate surface area is 100 Å². The molecule has 1 aromatic rings. The molecule has 5 nitrogen and oxygen atoms in total.